The average molecular weight is 129 g/mol. The molecule has 0 fully saturated rings. The quantitative estimate of drug-likeness (QED) is 0.346. The van der Waals surface area contributed by atoms with Crippen LogP contribution in [-0.2, 0) is 22.2 Å². The Kier molecular flexibility index (Phi) is 7.88. The summed E-state index contributed by atoms with van der Waals surface area (Å²) in [6.45, 7) is 2.77. The molecule has 0 saturated carbocycles. The molecule has 0 aliphatic carbocycles. The third-order valence-corrected chi connectivity index (χ3v) is 0. The molecule has 0 rings (SSSR count). The average Bonchev–Trinajstić information content (AvgIpc) is 0.811. The Morgan fingerprint density at radius 3 is 1.80 bits per heavy atom. The van der Waals surface area contributed by atoms with Crippen LogP contribution in [0, 0.1) is 6.92 Å². The number of carbonyl (C=O) groups excluding carboxylic acids is 1. The van der Waals surface area contributed by atoms with E-state index in [0.717, 1.165) is 0 Å². The van der Waals surface area contributed by atoms with Crippen molar-refractivity contribution in [2.24, 2.45) is 0 Å². The molecule has 0 N–H and O–H groups in total. The molecule has 0 aliphatic heterocycles. The first-order chi connectivity index (χ1) is 1.73. The van der Waals surface area contributed by atoms with Gasteiger partial charge in [-0.1, -0.05) is 11.6 Å². The molecule has 0 radical (unpaired) electrons. The number of carbonyl (C=O) groups is 1. The maximum absolute atomic E-state index is 9.10. The summed E-state index contributed by atoms with van der Waals surface area (Å²) < 4.78 is 0. The van der Waals surface area contributed by atoms with Crippen LogP contribution in [0.4, 0.5) is 0 Å². The van der Waals surface area contributed by atoms with Crippen LogP contribution in [0.5, 0.6) is 0 Å². The predicted octanol–water partition coefficient (Wildman–Crippen LogP) is 0.583. The molecule has 0 atom stereocenters. The molecule has 30 valence electrons. The largest absolute Gasteiger partial charge is 0.323 e. The van der Waals surface area contributed by atoms with Crippen molar-refractivity contribution in [2.45, 2.75) is 0 Å². The third-order valence-electron chi connectivity index (χ3n) is 0. The summed E-state index contributed by atoms with van der Waals surface area (Å²) in [6, 6.07) is 0. The third kappa shape index (κ3) is 185. The van der Waals surface area contributed by atoms with Crippen LogP contribution in [0.2, 0.25) is 0 Å². The summed E-state index contributed by atoms with van der Waals surface area (Å²) >= 11 is 4.52. The van der Waals surface area contributed by atoms with E-state index in [2.05, 4.69) is 18.5 Å². The molecule has 0 spiro atoms. The van der Waals surface area contributed by atoms with Gasteiger partial charge in [-0.15, -0.1) is 0 Å². The van der Waals surface area contributed by atoms with Crippen LogP contribution < -0.4 is 0 Å². The van der Waals surface area contributed by atoms with E-state index in [9.17, 15) is 0 Å². The first-order valence-corrected chi connectivity index (χ1v) is 1.12. The minimum absolute atomic E-state index is 0. The van der Waals surface area contributed by atoms with E-state index in [-0.39, 0.29) is 17.4 Å². The fourth-order valence-electron chi connectivity index (χ4n) is 0. The second-order valence-electron chi connectivity index (χ2n) is 0.355. The molecule has 5 heavy (non-hydrogen) atoms. The molecule has 0 aromatic carbocycles. The van der Waals surface area contributed by atoms with Crippen molar-refractivity contribution in [2.75, 3.05) is 0 Å². The summed E-state index contributed by atoms with van der Waals surface area (Å²) in [4.78, 5) is 9.10. The van der Waals surface area contributed by atoms with Crippen molar-refractivity contribution in [3.8, 4) is 0 Å². The fraction of sp³-hybridized carbons (Fsp3) is 0. The Morgan fingerprint density at radius 2 is 1.80 bits per heavy atom. The Hall–Kier alpha value is 0.362. The molecule has 3 heteroatoms. The van der Waals surface area contributed by atoms with Crippen LogP contribution in [0.15, 0.2) is 0 Å². The van der Waals surface area contributed by atoms with E-state index in [1.807, 2.05) is 0 Å². The van der Waals surface area contributed by atoms with Gasteiger partial charge in [0, 0.05) is 17.4 Å². The van der Waals surface area contributed by atoms with E-state index >= 15 is 0 Å². The van der Waals surface area contributed by atoms with Crippen molar-refractivity contribution in [1.82, 2.24) is 0 Å². The fourth-order valence-corrected chi connectivity index (χ4v) is 0. The van der Waals surface area contributed by atoms with Gasteiger partial charge in [0.15, 0.2) is 0 Å². The molecule has 0 unspecified atom stereocenters. The van der Waals surface area contributed by atoms with Gasteiger partial charge < -0.3 is 11.7 Å². The minimum atomic E-state index is -0.611. The molecule has 1 nitrogen and oxygen atoms in total. The molecule has 0 aromatic heterocycles. The summed E-state index contributed by atoms with van der Waals surface area (Å²) in [7, 11) is 0. The van der Waals surface area contributed by atoms with Crippen LogP contribution in [0.1, 0.15) is 0 Å². The number of rotatable bonds is 0. The number of hydrogen-bond acceptors (Lipinski definition) is 1. The smallest absolute Gasteiger partial charge is 0.0851 e. The van der Waals surface area contributed by atoms with Crippen molar-refractivity contribution in [1.29, 1.82) is 0 Å². The Morgan fingerprint density at radius 1 is 1.80 bits per heavy atom. The predicted molar refractivity (Wildman–Crippen MR) is 16.2 cm³/mol. The monoisotopic (exact) mass is 129 g/mol. The van der Waals surface area contributed by atoms with Gasteiger partial charge in [-0.3, -0.25) is 0 Å². The second kappa shape index (κ2) is 4.36. The van der Waals surface area contributed by atoms with E-state index in [4.69, 9.17) is 4.79 Å². The van der Waals surface area contributed by atoms with E-state index < -0.39 is 5.24 Å². The van der Waals surface area contributed by atoms with Gasteiger partial charge in [0.1, 0.15) is 0 Å². The maximum atomic E-state index is 9.10. The van der Waals surface area contributed by atoms with Gasteiger partial charge in [0.2, 0.25) is 0 Å². The van der Waals surface area contributed by atoms with Crippen molar-refractivity contribution >= 4 is 16.8 Å². The van der Waals surface area contributed by atoms with Crippen LogP contribution in [0.3, 0.4) is 0 Å². The van der Waals surface area contributed by atoms with Crippen molar-refractivity contribution < 1.29 is 22.2 Å². The summed E-state index contributed by atoms with van der Waals surface area (Å²) in [6.07, 6.45) is 0. The topological polar surface area (TPSA) is 17.1 Å². The minimum Gasteiger partial charge on any atom is -0.323 e. The molecule has 0 aliphatic rings. The molecule has 0 bridgehead atoms. The van der Waals surface area contributed by atoms with Crippen molar-refractivity contribution in [3.05, 3.63) is 6.92 Å². The first kappa shape index (κ1) is 9.03. The molecular weight excluding hydrogens is 127 g/mol. The Balaban J connectivity index is 0. The first-order valence-electron chi connectivity index (χ1n) is 0.747. The van der Waals surface area contributed by atoms with Gasteiger partial charge in [0.05, 0.1) is 5.24 Å². The van der Waals surface area contributed by atoms with E-state index in [0.29, 0.717) is 0 Å². The van der Waals surface area contributed by atoms with Gasteiger partial charge in [-0.25, -0.2) is 0 Å². The Labute approximate surface area is 46.4 Å². The number of halogens is 1. The van der Waals surface area contributed by atoms with E-state index in [1.54, 1.807) is 0 Å². The zero-order chi connectivity index (χ0) is 3.58. The number of hydrogen-bond donors (Lipinski definition) is 0. The maximum Gasteiger partial charge on any atom is 0.0851 e. The van der Waals surface area contributed by atoms with Crippen LogP contribution in [0.25, 0.3) is 0 Å². The van der Waals surface area contributed by atoms with Gasteiger partial charge >= 0.3 is 0 Å². The van der Waals surface area contributed by atoms with Gasteiger partial charge in [-0.2, -0.15) is 0 Å². The van der Waals surface area contributed by atoms with Crippen LogP contribution >= 0.6 is 11.6 Å². The van der Waals surface area contributed by atoms with Gasteiger partial charge in [0.25, 0.3) is 0 Å². The zero-order valence-corrected chi connectivity index (χ0v) is 4.43. The summed E-state index contributed by atoms with van der Waals surface area (Å²) in [5.74, 6) is 0. The summed E-state index contributed by atoms with van der Waals surface area (Å²) in [5, 5.41) is -0.611. The summed E-state index contributed by atoms with van der Waals surface area (Å²) in [5.41, 5.74) is 0. The normalized spacial score (nSPS) is 5.00. The van der Waals surface area contributed by atoms with Crippen LogP contribution in [-0.4, -0.2) is 5.24 Å². The Bertz CT molecular complexity index is 32.6. The van der Waals surface area contributed by atoms with Gasteiger partial charge in [-0.05, 0) is 0 Å². The molecule has 0 heterocycles. The molecular formula is C2H2ClCrO-. The van der Waals surface area contributed by atoms with E-state index in [1.165, 1.54) is 0 Å². The molecule has 0 saturated heterocycles. The second-order valence-corrected chi connectivity index (χ2v) is 0.777. The zero-order valence-electron chi connectivity index (χ0n) is 2.40. The van der Waals surface area contributed by atoms with Crippen molar-refractivity contribution in [3.63, 3.8) is 0 Å². The molecule has 0 amide bonds. The SMILES string of the molecule is [CH2-]C(=O)Cl.[Cr]. The molecule has 0 aromatic rings. The standard InChI is InChI=1S/C2H2ClO.Cr/c1-2(3)4;/h1H2;/q-1;.